The highest BCUT2D eigenvalue weighted by Gasteiger charge is 2.06. The van der Waals surface area contributed by atoms with Crippen LogP contribution >= 0.6 is 23.2 Å². The van der Waals surface area contributed by atoms with Crippen LogP contribution in [0.5, 0.6) is 0 Å². The highest BCUT2D eigenvalue weighted by Crippen LogP contribution is 2.17. The third kappa shape index (κ3) is 5.58. The molecule has 2 aromatic rings. The fraction of sp³-hybridized carbons (Fsp3) is 0.176. The topological polar surface area (TPSA) is 63.6 Å². The van der Waals surface area contributed by atoms with E-state index < -0.39 is 5.97 Å². The number of carboxylic acid groups (broad SMARTS) is 1. The maximum absolute atomic E-state index is 11.0. The quantitative estimate of drug-likeness (QED) is 0.788. The van der Waals surface area contributed by atoms with Gasteiger partial charge in [-0.3, -0.25) is 0 Å². The van der Waals surface area contributed by atoms with E-state index in [-0.39, 0.29) is 11.5 Å². The van der Waals surface area contributed by atoms with Crippen LogP contribution in [0.25, 0.3) is 0 Å². The van der Waals surface area contributed by atoms with E-state index in [2.05, 4.69) is 4.74 Å². The molecule has 23 heavy (non-hydrogen) atoms. The maximum atomic E-state index is 11.0. The van der Waals surface area contributed by atoms with Gasteiger partial charge in [0.05, 0.1) is 18.2 Å². The average molecular weight is 355 g/mol. The van der Waals surface area contributed by atoms with Crippen molar-refractivity contribution in [2.24, 2.45) is 0 Å². The van der Waals surface area contributed by atoms with Crippen LogP contribution in [-0.4, -0.2) is 24.2 Å². The number of aryl methyl sites for hydroxylation is 2. The van der Waals surface area contributed by atoms with Crippen LogP contribution in [0.15, 0.2) is 36.4 Å². The number of halogens is 2. The lowest BCUT2D eigenvalue weighted by Crippen LogP contribution is -2.00. The number of hydrogen-bond acceptors (Lipinski definition) is 3. The van der Waals surface area contributed by atoms with Gasteiger partial charge in [-0.1, -0.05) is 35.3 Å². The summed E-state index contributed by atoms with van der Waals surface area (Å²) < 4.78 is 4.53. The van der Waals surface area contributed by atoms with Gasteiger partial charge in [-0.05, 0) is 49.2 Å². The number of aromatic carboxylic acids is 1. The molecule has 0 bridgehead atoms. The number of methoxy groups -OCH3 is 1. The lowest BCUT2D eigenvalue weighted by atomic mass is 10.1. The molecule has 0 atom stereocenters. The second-order valence-corrected chi connectivity index (χ2v) is 5.54. The van der Waals surface area contributed by atoms with Gasteiger partial charge in [-0.25, -0.2) is 9.59 Å². The monoisotopic (exact) mass is 354 g/mol. The predicted octanol–water partition coefficient (Wildman–Crippen LogP) is 4.78. The van der Waals surface area contributed by atoms with Gasteiger partial charge in [0.15, 0.2) is 0 Å². The number of carbonyl (C=O) groups is 2. The van der Waals surface area contributed by atoms with E-state index in [1.807, 2.05) is 13.8 Å². The van der Waals surface area contributed by atoms with Crippen LogP contribution in [0.4, 0.5) is 0 Å². The number of carboxylic acids is 1. The lowest BCUT2D eigenvalue weighted by molar-refractivity contribution is 0.0599. The molecular formula is C17H16Cl2O4. The van der Waals surface area contributed by atoms with Gasteiger partial charge in [0, 0.05) is 10.0 Å². The fourth-order valence-electron chi connectivity index (χ4n) is 1.56. The minimum absolute atomic E-state index is 0.223. The van der Waals surface area contributed by atoms with E-state index in [1.54, 1.807) is 24.3 Å². The van der Waals surface area contributed by atoms with Gasteiger partial charge in [0.25, 0.3) is 0 Å². The molecule has 0 heterocycles. The van der Waals surface area contributed by atoms with Gasteiger partial charge in [0.1, 0.15) is 0 Å². The summed E-state index contributed by atoms with van der Waals surface area (Å²) in [7, 11) is 1.34. The number of esters is 1. The molecule has 0 fully saturated rings. The minimum atomic E-state index is -0.952. The summed E-state index contributed by atoms with van der Waals surface area (Å²) in [6.45, 7) is 3.71. The third-order valence-corrected chi connectivity index (χ3v) is 3.83. The van der Waals surface area contributed by atoms with Crippen LogP contribution < -0.4 is 0 Å². The number of hydrogen-bond donors (Lipinski definition) is 1. The molecule has 6 heteroatoms. The van der Waals surface area contributed by atoms with Crippen molar-refractivity contribution >= 4 is 35.1 Å². The molecule has 0 amide bonds. The third-order valence-electron chi connectivity index (χ3n) is 3.01. The summed E-state index contributed by atoms with van der Waals surface area (Å²) in [6.07, 6.45) is 0. The summed E-state index contributed by atoms with van der Waals surface area (Å²) in [6, 6.07) is 9.74. The largest absolute Gasteiger partial charge is 0.478 e. The Labute approximate surface area is 144 Å². The molecule has 0 aliphatic heterocycles. The number of ether oxygens (including phenoxy) is 1. The number of benzene rings is 2. The molecule has 4 nitrogen and oxygen atoms in total. The normalized spacial score (nSPS) is 9.61. The first-order valence-electron chi connectivity index (χ1n) is 6.60. The summed E-state index contributed by atoms with van der Waals surface area (Å²) in [4.78, 5) is 21.4. The van der Waals surface area contributed by atoms with Crippen molar-refractivity contribution in [2.45, 2.75) is 13.8 Å². The fourth-order valence-corrected chi connectivity index (χ4v) is 1.92. The van der Waals surface area contributed by atoms with Gasteiger partial charge in [-0.2, -0.15) is 0 Å². The second kappa shape index (κ2) is 8.56. The van der Waals surface area contributed by atoms with Crippen molar-refractivity contribution in [1.29, 1.82) is 0 Å². The molecule has 0 aromatic heterocycles. The zero-order valence-electron chi connectivity index (χ0n) is 12.9. The van der Waals surface area contributed by atoms with E-state index >= 15 is 0 Å². The van der Waals surface area contributed by atoms with Crippen LogP contribution in [0.3, 0.4) is 0 Å². The Morgan fingerprint density at radius 1 is 0.913 bits per heavy atom. The first-order valence-corrected chi connectivity index (χ1v) is 7.35. The molecule has 2 aromatic carbocycles. The Bertz CT molecular complexity index is 727. The van der Waals surface area contributed by atoms with E-state index in [1.165, 1.54) is 19.2 Å². The first kappa shape index (κ1) is 19.0. The summed E-state index contributed by atoms with van der Waals surface area (Å²) in [5.41, 5.74) is 2.54. The Morgan fingerprint density at radius 2 is 1.35 bits per heavy atom. The smallest absolute Gasteiger partial charge is 0.337 e. The van der Waals surface area contributed by atoms with E-state index in [4.69, 9.17) is 28.3 Å². The van der Waals surface area contributed by atoms with Crippen LogP contribution in [0.2, 0.25) is 10.0 Å². The Morgan fingerprint density at radius 3 is 1.74 bits per heavy atom. The van der Waals surface area contributed by atoms with Crippen molar-refractivity contribution in [3.63, 3.8) is 0 Å². The summed E-state index contributed by atoms with van der Waals surface area (Å²) >= 11 is 11.5. The summed E-state index contributed by atoms with van der Waals surface area (Å²) in [5.74, 6) is -1.32. The molecule has 0 saturated carbocycles. The van der Waals surface area contributed by atoms with Crippen molar-refractivity contribution in [1.82, 2.24) is 0 Å². The molecule has 122 valence electrons. The van der Waals surface area contributed by atoms with Crippen LogP contribution in [-0.2, 0) is 4.74 Å². The van der Waals surface area contributed by atoms with Crippen LogP contribution in [0, 0.1) is 13.8 Å². The lowest BCUT2D eigenvalue weighted by Gasteiger charge is -2.01. The SMILES string of the molecule is COC(=O)c1ccc(C)c(Cl)c1.Cc1ccc(C(=O)O)cc1Cl. The maximum Gasteiger partial charge on any atom is 0.337 e. The van der Waals surface area contributed by atoms with Crippen molar-refractivity contribution in [3.05, 3.63) is 68.7 Å². The summed E-state index contributed by atoms with van der Waals surface area (Å²) in [5, 5.41) is 9.61. The van der Waals surface area contributed by atoms with Gasteiger partial charge >= 0.3 is 11.9 Å². The Kier molecular flexibility index (Phi) is 7.07. The molecule has 0 aliphatic carbocycles. The zero-order valence-corrected chi connectivity index (χ0v) is 14.4. The Balaban J connectivity index is 0.000000231. The van der Waals surface area contributed by atoms with Gasteiger partial charge in [-0.15, -0.1) is 0 Å². The minimum Gasteiger partial charge on any atom is -0.478 e. The molecule has 0 saturated heterocycles. The molecule has 0 unspecified atom stereocenters. The van der Waals surface area contributed by atoms with Crippen LogP contribution in [0.1, 0.15) is 31.8 Å². The standard InChI is InChI=1S/C9H9ClO2.C8H7ClO2/c1-6-3-4-7(5-8(6)10)9(11)12-2;1-5-2-3-6(8(10)11)4-7(5)9/h3-5H,1-2H3;2-4H,1H3,(H,10,11). The van der Waals surface area contributed by atoms with E-state index in [0.29, 0.717) is 15.6 Å². The highest BCUT2D eigenvalue weighted by atomic mass is 35.5. The highest BCUT2D eigenvalue weighted by molar-refractivity contribution is 6.32. The molecule has 0 spiro atoms. The van der Waals surface area contributed by atoms with Gasteiger partial charge in [0.2, 0.25) is 0 Å². The van der Waals surface area contributed by atoms with E-state index in [9.17, 15) is 9.59 Å². The average Bonchev–Trinajstić information content (AvgIpc) is 2.52. The molecule has 0 aliphatic rings. The number of rotatable bonds is 2. The molecule has 1 N–H and O–H groups in total. The predicted molar refractivity (Wildman–Crippen MR) is 90.7 cm³/mol. The van der Waals surface area contributed by atoms with Crippen molar-refractivity contribution < 1.29 is 19.4 Å². The van der Waals surface area contributed by atoms with E-state index in [0.717, 1.165) is 11.1 Å². The molecular weight excluding hydrogens is 339 g/mol. The van der Waals surface area contributed by atoms with Crippen molar-refractivity contribution in [3.8, 4) is 0 Å². The van der Waals surface area contributed by atoms with Gasteiger partial charge < -0.3 is 9.84 Å². The second-order valence-electron chi connectivity index (χ2n) is 4.72. The zero-order chi connectivity index (χ0) is 17.6. The van der Waals surface area contributed by atoms with Crippen molar-refractivity contribution in [2.75, 3.05) is 7.11 Å². The number of carbonyl (C=O) groups excluding carboxylic acids is 1. The first-order chi connectivity index (χ1) is 10.8. The Hall–Kier alpha value is -2.04. The molecule has 0 radical (unpaired) electrons. The molecule has 2 rings (SSSR count).